The number of fused-ring (bicyclic) bond motifs is 1. The fraction of sp³-hybridized carbons (Fsp3) is 0.333. The molecule has 1 unspecified atom stereocenters. The van der Waals surface area contributed by atoms with Crippen molar-refractivity contribution in [2.45, 2.75) is 26.3 Å². The van der Waals surface area contributed by atoms with Crippen LogP contribution in [-0.4, -0.2) is 24.1 Å². The van der Waals surface area contributed by atoms with Crippen molar-refractivity contribution < 1.29 is 18.3 Å². The van der Waals surface area contributed by atoms with Crippen molar-refractivity contribution in [1.82, 2.24) is 4.98 Å². The molecule has 1 aliphatic heterocycles. The molecule has 0 saturated carbocycles. The molecule has 0 N–H and O–H groups in total. The van der Waals surface area contributed by atoms with Gasteiger partial charge in [0.1, 0.15) is 17.3 Å². The Morgan fingerprint density at radius 2 is 2.00 bits per heavy atom. The van der Waals surface area contributed by atoms with Crippen LogP contribution in [0.25, 0.3) is 0 Å². The van der Waals surface area contributed by atoms with Crippen LogP contribution in [0.1, 0.15) is 41.5 Å². The number of anilines is 1. The van der Waals surface area contributed by atoms with Gasteiger partial charge in [0.25, 0.3) is 0 Å². The maximum Gasteiger partial charge on any atom is 0.356 e. The van der Waals surface area contributed by atoms with Gasteiger partial charge in [0.2, 0.25) is 0 Å². The number of halogens is 2. The molecule has 1 atom stereocenters. The summed E-state index contributed by atoms with van der Waals surface area (Å²) in [5.41, 5.74) is 2.74. The highest BCUT2D eigenvalue weighted by atomic mass is 19.1. The van der Waals surface area contributed by atoms with Crippen LogP contribution < -0.4 is 4.90 Å². The number of hydrogen-bond acceptors (Lipinski definition) is 4. The van der Waals surface area contributed by atoms with Crippen molar-refractivity contribution in [3.8, 4) is 0 Å². The summed E-state index contributed by atoms with van der Waals surface area (Å²) in [7, 11) is 0. The number of aromatic nitrogens is 1. The van der Waals surface area contributed by atoms with E-state index in [2.05, 4.69) is 4.98 Å². The Bertz CT molecular complexity index is 759. The highest BCUT2D eigenvalue weighted by Gasteiger charge is 2.26. The number of pyridine rings is 1. The van der Waals surface area contributed by atoms with E-state index in [4.69, 9.17) is 4.74 Å². The molecule has 2 heterocycles. The predicted octanol–water partition coefficient (Wildman–Crippen LogP) is 3.66. The zero-order valence-corrected chi connectivity index (χ0v) is 13.6. The molecule has 1 aromatic carbocycles. The molecule has 3 rings (SSSR count). The molecule has 0 spiro atoms. The Balaban J connectivity index is 1.90. The Morgan fingerprint density at radius 1 is 1.29 bits per heavy atom. The average Bonchev–Trinajstić information content (AvgIpc) is 2.54. The van der Waals surface area contributed by atoms with Gasteiger partial charge in [-0.1, -0.05) is 0 Å². The zero-order chi connectivity index (χ0) is 17.3. The summed E-state index contributed by atoms with van der Waals surface area (Å²) in [6.07, 6.45) is 2.31. The summed E-state index contributed by atoms with van der Waals surface area (Å²) < 4.78 is 31.9. The van der Waals surface area contributed by atoms with Crippen molar-refractivity contribution >= 4 is 11.7 Å². The summed E-state index contributed by atoms with van der Waals surface area (Å²) in [5.74, 6) is -1.64. The number of nitrogens with zero attached hydrogens (tertiary/aromatic N) is 2. The molecule has 0 fully saturated rings. The first-order valence-corrected chi connectivity index (χ1v) is 7.88. The Hall–Kier alpha value is -2.50. The normalized spacial score (nSPS) is 16.7. The number of carbonyl (C=O) groups excluding carboxylic acids is 1. The topological polar surface area (TPSA) is 42.4 Å². The predicted molar refractivity (Wildman–Crippen MR) is 86.0 cm³/mol. The largest absolute Gasteiger partial charge is 0.461 e. The van der Waals surface area contributed by atoms with E-state index < -0.39 is 17.6 Å². The lowest BCUT2D eigenvalue weighted by atomic mass is 9.94. The second-order valence-electron chi connectivity index (χ2n) is 5.74. The SMILES string of the molecule is CCOC(=O)c1cc2c(cn1)C(C)N(c1cc(F)cc(F)c1)CC2. The van der Waals surface area contributed by atoms with E-state index in [1.54, 1.807) is 19.2 Å². The third-order valence-corrected chi connectivity index (χ3v) is 4.23. The molecule has 24 heavy (non-hydrogen) atoms. The molecular weight excluding hydrogens is 314 g/mol. The standard InChI is InChI=1S/C18H18F2N2O2/c1-3-24-18(23)17-6-12-4-5-22(11(2)16(12)10-21-17)15-8-13(19)7-14(20)9-15/h6-11H,3-5H2,1-2H3. The molecule has 4 nitrogen and oxygen atoms in total. The van der Waals surface area contributed by atoms with Crippen LogP contribution in [0, 0.1) is 11.6 Å². The van der Waals surface area contributed by atoms with E-state index in [0.717, 1.165) is 17.2 Å². The minimum absolute atomic E-state index is 0.0984. The summed E-state index contributed by atoms with van der Waals surface area (Å²) in [6, 6.07) is 5.15. The molecule has 6 heteroatoms. The molecule has 126 valence electrons. The van der Waals surface area contributed by atoms with Crippen LogP contribution in [0.2, 0.25) is 0 Å². The van der Waals surface area contributed by atoms with Crippen molar-refractivity contribution in [1.29, 1.82) is 0 Å². The van der Waals surface area contributed by atoms with Crippen LogP contribution in [0.5, 0.6) is 0 Å². The number of carbonyl (C=O) groups is 1. The molecular formula is C18H18F2N2O2. The number of rotatable bonds is 3. The quantitative estimate of drug-likeness (QED) is 0.805. The monoisotopic (exact) mass is 332 g/mol. The lowest BCUT2D eigenvalue weighted by molar-refractivity contribution is 0.0519. The number of hydrogen-bond donors (Lipinski definition) is 0. The van der Waals surface area contributed by atoms with E-state index >= 15 is 0 Å². The van der Waals surface area contributed by atoms with E-state index in [0.29, 0.717) is 25.3 Å². The molecule has 0 radical (unpaired) electrons. The van der Waals surface area contributed by atoms with Gasteiger partial charge in [-0.15, -0.1) is 0 Å². The molecule has 0 saturated heterocycles. The van der Waals surface area contributed by atoms with E-state index in [1.807, 2.05) is 11.8 Å². The second-order valence-corrected chi connectivity index (χ2v) is 5.74. The second kappa shape index (κ2) is 6.55. The highest BCUT2D eigenvalue weighted by molar-refractivity contribution is 5.87. The van der Waals surface area contributed by atoms with Crippen LogP contribution in [0.15, 0.2) is 30.5 Å². The summed E-state index contributed by atoms with van der Waals surface area (Å²) in [6.45, 7) is 4.59. The van der Waals surface area contributed by atoms with Crippen molar-refractivity contribution in [3.63, 3.8) is 0 Å². The summed E-state index contributed by atoms with van der Waals surface area (Å²) in [5, 5.41) is 0. The number of benzene rings is 1. The van der Waals surface area contributed by atoms with Crippen LogP contribution in [0.4, 0.5) is 14.5 Å². The third-order valence-electron chi connectivity index (χ3n) is 4.23. The minimum Gasteiger partial charge on any atom is -0.461 e. The van der Waals surface area contributed by atoms with Crippen molar-refractivity contribution in [2.75, 3.05) is 18.1 Å². The van der Waals surface area contributed by atoms with Crippen LogP contribution in [-0.2, 0) is 11.2 Å². The minimum atomic E-state index is -0.598. The maximum absolute atomic E-state index is 13.5. The van der Waals surface area contributed by atoms with Gasteiger partial charge in [-0.3, -0.25) is 0 Å². The van der Waals surface area contributed by atoms with Crippen molar-refractivity contribution in [2.24, 2.45) is 0 Å². The van der Waals surface area contributed by atoms with Gasteiger partial charge in [0, 0.05) is 24.5 Å². The van der Waals surface area contributed by atoms with Gasteiger partial charge in [0.15, 0.2) is 0 Å². The van der Waals surface area contributed by atoms with Crippen LogP contribution >= 0.6 is 0 Å². The molecule has 1 aliphatic rings. The van der Waals surface area contributed by atoms with Crippen LogP contribution in [0.3, 0.4) is 0 Å². The Morgan fingerprint density at radius 3 is 2.67 bits per heavy atom. The first-order chi connectivity index (χ1) is 11.5. The first kappa shape index (κ1) is 16.4. The van der Waals surface area contributed by atoms with E-state index in [9.17, 15) is 13.6 Å². The van der Waals surface area contributed by atoms with Gasteiger partial charge in [-0.2, -0.15) is 0 Å². The fourth-order valence-electron chi connectivity index (χ4n) is 3.08. The number of ether oxygens (including phenoxy) is 1. The lowest BCUT2D eigenvalue weighted by Gasteiger charge is -2.37. The van der Waals surface area contributed by atoms with Gasteiger partial charge < -0.3 is 9.64 Å². The lowest BCUT2D eigenvalue weighted by Crippen LogP contribution is -2.34. The fourth-order valence-corrected chi connectivity index (χ4v) is 3.08. The first-order valence-electron chi connectivity index (χ1n) is 7.88. The highest BCUT2D eigenvalue weighted by Crippen LogP contribution is 2.34. The molecule has 0 aliphatic carbocycles. The molecule has 1 aromatic heterocycles. The number of esters is 1. The maximum atomic E-state index is 13.5. The van der Waals surface area contributed by atoms with Gasteiger partial charge in [-0.05, 0) is 49.6 Å². The average molecular weight is 332 g/mol. The van der Waals surface area contributed by atoms with Gasteiger partial charge >= 0.3 is 5.97 Å². The van der Waals surface area contributed by atoms with E-state index in [1.165, 1.54) is 12.1 Å². The zero-order valence-electron chi connectivity index (χ0n) is 13.6. The molecule has 2 aromatic rings. The van der Waals surface area contributed by atoms with Gasteiger partial charge in [-0.25, -0.2) is 18.6 Å². The van der Waals surface area contributed by atoms with E-state index in [-0.39, 0.29) is 11.7 Å². The third kappa shape index (κ3) is 3.09. The smallest absolute Gasteiger partial charge is 0.356 e. The summed E-state index contributed by atoms with van der Waals surface area (Å²) >= 11 is 0. The Labute approximate surface area is 139 Å². The summed E-state index contributed by atoms with van der Waals surface area (Å²) in [4.78, 5) is 17.9. The van der Waals surface area contributed by atoms with Gasteiger partial charge in [0.05, 0.1) is 12.6 Å². The molecule has 0 bridgehead atoms. The Kier molecular flexibility index (Phi) is 4.46. The van der Waals surface area contributed by atoms with Crippen molar-refractivity contribution in [3.05, 3.63) is 58.9 Å². The molecule has 0 amide bonds.